The van der Waals surface area contributed by atoms with E-state index in [2.05, 4.69) is 38.1 Å². The Hall–Kier alpha value is -1.69. The first-order valence-corrected chi connectivity index (χ1v) is 12.8. The molecule has 33 heavy (non-hydrogen) atoms. The maximum absolute atomic E-state index is 11.4. The summed E-state index contributed by atoms with van der Waals surface area (Å²) in [5, 5.41) is 27.6. The Morgan fingerprint density at radius 1 is 0.909 bits per heavy atom. The second-order valence-electron chi connectivity index (χ2n) is 8.69. The van der Waals surface area contributed by atoms with Gasteiger partial charge in [0.2, 0.25) is 0 Å². The van der Waals surface area contributed by atoms with Crippen LogP contribution in [0.3, 0.4) is 0 Å². The average Bonchev–Trinajstić information content (AvgIpc) is 2.82. The predicted octanol–water partition coefficient (Wildman–Crippen LogP) is 5.89. The summed E-state index contributed by atoms with van der Waals surface area (Å²) in [4.78, 5) is 11.4. The van der Waals surface area contributed by atoms with Gasteiger partial charge in [0.05, 0.1) is 12.7 Å². The second-order valence-corrected chi connectivity index (χ2v) is 8.69. The van der Waals surface area contributed by atoms with Crippen molar-refractivity contribution in [3.63, 3.8) is 0 Å². The van der Waals surface area contributed by atoms with Crippen molar-refractivity contribution in [2.45, 2.75) is 110 Å². The highest BCUT2D eigenvalue weighted by Crippen LogP contribution is 2.10. The number of aliphatic hydroxyl groups excluding tert-OH is 3. The van der Waals surface area contributed by atoms with Crippen molar-refractivity contribution < 1.29 is 24.9 Å². The van der Waals surface area contributed by atoms with Gasteiger partial charge in [0, 0.05) is 6.42 Å². The maximum atomic E-state index is 11.4. The van der Waals surface area contributed by atoms with E-state index in [9.17, 15) is 9.90 Å². The maximum Gasteiger partial charge on any atom is 0.305 e. The number of carbonyl (C=O) groups is 1. The van der Waals surface area contributed by atoms with Gasteiger partial charge in [-0.1, -0.05) is 99.9 Å². The molecule has 0 saturated heterocycles. The van der Waals surface area contributed by atoms with Gasteiger partial charge < -0.3 is 20.1 Å². The summed E-state index contributed by atoms with van der Waals surface area (Å²) in [6, 6.07) is 10.3. The Kier molecular flexibility index (Phi) is 22.3. The summed E-state index contributed by atoms with van der Waals surface area (Å²) in [7, 11) is 0. The molecule has 0 amide bonds. The van der Waals surface area contributed by atoms with Crippen molar-refractivity contribution in [2.75, 3.05) is 13.2 Å². The number of carbonyl (C=O) groups excluding carboxylic acids is 1. The lowest BCUT2D eigenvalue weighted by Crippen LogP contribution is -2.21. The molecule has 0 saturated carbocycles. The third-order valence-corrected chi connectivity index (χ3v) is 5.31. The van der Waals surface area contributed by atoms with Crippen LogP contribution in [0.25, 0.3) is 0 Å². The van der Waals surface area contributed by atoms with Crippen molar-refractivity contribution in [1.82, 2.24) is 0 Å². The minimum Gasteiger partial charge on any atom is -0.463 e. The van der Waals surface area contributed by atoms with Gasteiger partial charge >= 0.3 is 5.97 Å². The van der Waals surface area contributed by atoms with Crippen LogP contribution in [0, 0.1) is 6.92 Å². The number of esters is 1. The number of aryl methyl sites for hydroxylation is 1. The van der Waals surface area contributed by atoms with Gasteiger partial charge in [-0.2, -0.15) is 0 Å². The predicted molar refractivity (Wildman–Crippen MR) is 136 cm³/mol. The average molecular weight is 465 g/mol. The zero-order valence-electron chi connectivity index (χ0n) is 21.0. The van der Waals surface area contributed by atoms with Crippen molar-refractivity contribution >= 4 is 5.97 Å². The standard InChI is InChI=1S/C21H40O5.C7H8/c1-2-3-4-11-14-19(23)15-12-9-7-5-6-8-10-13-16-21(25)26-18-20(24)17-22;1-7-5-3-2-4-6-7/h9,12,19-20,22-24H,2-8,10-11,13-18H2,1H3;2-6H,1H3/b12-9-;. The number of rotatable bonds is 18. The first-order chi connectivity index (χ1) is 16.0. The molecule has 0 fully saturated rings. The molecule has 5 nitrogen and oxygen atoms in total. The highest BCUT2D eigenvalue weighted by molar-refractivity contribution is 5.69. The number of unbranched alkanes of at least 4 members (excludes halogenated alkanes) is 8. The lowest BCUT2D eigenvalue weighted by Gasteiger charge is -2.08. The molecule has 0 aliphatic carbocycles. The Morgan fingerprint density at radius 3 is 2.21 bits per heavy atom. The highest BCUT2D eigenvalue weighted by Gasteiger charge is 2.07. The molecule has 190 valence electrons. The van der Waals surface area contributed by atoms with Crippen molar-refractivity contribution in [2.24, 2.45) is 0 Å². The van der Waals surface area contributed by atoms with Crippen LogP contribution in [-0.4, -0.2) is 46.7 Å². The van der Waals surface area contributed by atoms with E-state index in [1.165, 1.54) is 24.8 Å². The summed E-state index contributed by atoms with van der Waals surface area (Å²) < 4.78 is 4.84. The number of ether oxygens (including phenoxy) is 1. The molecule has 2 unspecified atom stereocenters. The lowest BCUT2D eigenvalue weighted by atomic mass is 10.1. The molecule has 1 aromatic carbocycles. The molecule has 0 spiro atoms. The number of allylic oxidation sites excluding steroid dienone is 1. The minimum absolute atomic E-state index is 0.130. The third kappa shape index (κ3) is 23.3. The lowest BCUT2D eigenvalue weighted by molar-refractivity contribution is -0.147. The quantitative estimate of drug-likeness (QED) is 0.143. The largest absolute Gasteiger partial charge is 0.463 e. The van der Waals surface area contributed by atoms with Gasteiger partial charge in [0.25, 0.3) is 0 Å². The van der Waals surface area contributed by atoms with Gasteiger partial charge in [-0.05, 0) is 39.0 Å². The van der Waals surface area contributed by atoms with Gasteiger partial charge in [0.15, 0.2) is 0 Å². The Labute approximate surface area is 201 Å². The SMILES string of the molecule is CCCCCCC(O)C/C=C\CCCCCCCC(=O)OCC(O)CO.Cc1ccccc1. The molecule has 0 aliphatic heterocycles. The molecular formula is C28H48O5. The van der Waals surface area contributed by atoms with Crippen LogP contribution in [0.2, 0.25) is 0 Å². The van der Waals surface area contributed by atoms with Gasteiger partial charge in [-0.3, -0.25) is 4.79 Å². The molecule has 5 heteroatoms. The molecule has 0 aliphatic rings. The van der Waals surface area contributed by atoms with Crippen LogP contribution in [0.5, 0.6) is 0 Å². The Balaban J connectivity index is 0.00000123. The van der Waals surface area contributed by atoms with Gasteiger partial charge in [-0.15, -0.1) is 0 Å². The summed E-state index contributed by atoms with van der Waals surface area (Å²) in [6.07, 6.45) is 16.2. The highest BCUT2D eigenvalue weighted by atomic mass is 16.5. The first kappa shape index (κ1) is 31.3. The third-order valence-electron chi connectivity index (χ3n) is 5.31. The van der Waals surface area contributed by atoms with Crippen LogP contribution in [-0.2, 0) is 9.53 Å². The van der Waals surface area contributed by atoms with E-state index >= 15 is 0 Å². The summed E-state index contributed by atoms with van der Waals surface area (Å²) in [5.41, 5.74) is 1.32. The fourth-order valence-electron chi connectivity index (χ4n) is 3.21. The summed E-state index contributed by atoms with van der Waals surface area (Å²) in [5.74, 6) is -0.311. The molecule has 0 aromatic heterocycles. The van der Waals surface area contributed by atoms with Crippen LogP contribution in [0.1, 0.15) is 96.0 Å². The van der Waals surface area contributed by atoms with E-state index in [1.54, 1.807) is 0 Å². The first-order valence-electron chi connectivity index (χ1n) is 12.8. The van der Waals surface area contributed by atoms with Crippen molar-refractivity contribution in [3.8, 4) is 0 Å². The minimum atomic E-state index is -0.978. The smallest absolute Gasteiger partial charge is 0.305 e. The molecule has 3 N–H and O–H groups in total. The molecule has 2 atom stereocenters. The zero-order valence-corrected chi connectivity index (χ0v) is 21.0. The fraction of sp³-hybridized carbons (Fsp3) is 0.679. The topological polar surface area (TPSA) is 87.0 Å². The molecule has 1 rings (SSSR count). The summed E-state index contributed by atoms with van der Waals surface area (Å²) in [6.45, 7) is 3.76. The number of aliphatic hydroxyl groups is 3. The Bertz CT molecular complexity index is 573. The number of hydrogen-bond donors (Lipinski definition) is 3. The van der Waals surface area contributed by atoms with Crippen molar-refractivity contribution in [1.29, 1.82) is 0 Å². The van der Waals surface area contributed by atoms with Crippen LogP contribution in [0.15, 0.2) is 42.5 Å². The molecule has 1 aromatic rings. The van der Waals surface area contributed by atoms with E-state index in [0.29, 0.717) is 6.42 Å². The van der Waals surface area contributed by atoms with Gasteiger partial charge in [-0.25, -0.2) is 0 Å². The number of hydrogen-bond acceptors (Lipinski definition) is 5. The van der Waals surface area contributed by atoms with E-state index < -0.39 is 6.10 Å². The molecule has 0 radical (unpaired) electrons. The van der Waals surface area contributed by atoms with Crippen molar-refractivity contribution in [3.05, 3.63) is 48.0 Å². The van der Waals surface area contributed by atoms with Crippen LogP contribution < -0.4 is 0 Å². The zero-order chi connectivity index (χ0) is 24.6. The van der Waals surface area contributed by atoms with E-state index in [1.807, 2.05) is 18.2 Å². The Morgan fingerprint density at radius 2 is 1.58 bits per heavy atom. The fourth-order valence-corrected chi connectivity index (χ4v) is 3.21. The monoisotopic (exact) mass is 464 g/mol. The van der Waals surface area contributed by atoms with E-state index in [-0.39, 0.29) is 25.3 Å². The van der Waals surface area contributed by atoms with Gasteiger partial charge in [0.1, 0.15) is 12.7 Å². The molecule has 0 heterocycles. The molecular weight excluding hydrogens is 416 g/mol. The summed E-state index contributed by atoms with van der Waals surface area (Å²) >= 11 is 0. The normalized spacial score (nSPS) is 12.8. The van der Waals surface area contributed by atoms with E-state index in [0.717, 1.165) is 57.8 Å². The van der Waals surface area contributed by atoms with E-state index in [4.69, 9.17) is 14.9 Å². The second kappa shape index (κ2) is 23.5. The molecule has 0 bridgehead atoms. The number of benzene rings is 1. The van der Waals surface area contributed by atoms with Crippen LogP contribution in [0.4, 0.5) is 0 Å². The van der Waals surface area contributed by atoms with Crippen LogP contribution >= 0.6 is 0 Å².